The highest BCUT2D eigenvalue weighted by Gasteiger charge is 2.56. The van der Waals surface area contributed by atoms with E-state index >= 15 is 0 Å². The van der Waals surface area contributed by atoms with Gasteiger partial charge in [0.05, 0.1) is 12.2 Å². The SMILES string of the molecule is CN1C(C)(C)CC(ON2N=C(N(CCCCCCN(C3=NN(OC4CC(C)(C)N(C)C(C)(C)C4)NC(N(C4CC(C)(C)N(C)C(C)(C)C4)C4CC(C)(C)N(C)C(C)(C)C4)=C3)C3CC(C)(C)NC(C)(C)C3)C3CC(C)(C)NC(C)(C)C3)C=C(N(C3CC(C)(C)N(C)C(C)(C)C3)C3CC(C)(C)N(C)C(C)(C)C3)N2)CC1(C)C. The molecule has 634 valence electrons. The van der Waals surface area contributed by atoms with Crippen LogP contribution in [0.4, 0.5) is 0 Å². The van der Waals surface area contributed by atoms with Gasteiger partial charge in [-0.05, 0) is 379 Å². The van der Waals surface area contributed by atoms with Crippen LogP contribution in [0.3, 0.4) is 0 Å². The summed E-state index contributed by atoms with van der Waals surface area (Å²) in [6, 6.07) is 1.49. The Balaban J connectivity index is 1.04. The number of nitrogens with one attached hydrogen (secondary N) is 4. The molecule has 10 aliphatic heterocycles. The van der Waals surface area contributed by atoms with Crippen molar-refractivity contribution in [2.75, 3.05) is 55.4 Å². The number of rotatable bonds is 19. The molecule has 20 nitrogen and oxygen atoms in total. The van der Waals surface area contributed by atoms with Gasteiger partial charge < -0.3 is 30.2 Å². The standard InChI is InChI=1S/C90H172N18O2/c1-75(2)47-63(48-76(3,4)95-75)103(71-45-73(93-107(91-71)109-69-59-87(25,26)101(37)88(27,28)60-69)105(65-51-79(9,10)97(33)80(11,12)52-65)66-53-81(13,14)98(34)82(15,16)54-66)43-41-39-40-42-44-104(64-49-77(5,6)96-78(7,8)50-64)72-46-74(94-108(92-72)110-70-61-89(29,30)102(38)90(31,32)62-70)106(67-55-83(17,18)99(35)84(19,20)56-67)68-57-85(21,22)100(36)86(23,24)58-68/h45-46,63-70,93-96H,39-44,47-62H2,1-38H3. The van der Waals surface area contributed by atoms with Gasteiger partial charge in [-0.2, -0.15) is 0 Å². The van der Waals surface area contributed by atoms with E-state index in [1.54, 1.807) is 0 Å². The van der Waals surface area contributed by atoms with Crippen molar-refractivity contribution in [3.63, 3.8) is 0 Å². The second-order valence-electron chi connectivity index (χ2n) is 47.9. The molecule has 0 radical (unpaired) electrons. The zero-order chi connectivity index (χ0) is 82.5. The third kappa shape index (κ3) is 19.3. The van der Waals surface area contributed by atoms with Gasteiger partial charge in [-0.25, -0.2) is 20.5 Å². The quantitative estimate of drug-likeness (QED) is 0.0914. The van der Waals surface area contributed by atoms with Crippen LogP contribution in [0.1, 0.15) is 350 Å². The van der Waals surface area contributed by atoms with Crippen molar-refractivity contribution in [3.05, 3.63) is 23.8 Å². The number of piperidine rings is 8. The molecule has 20 heteroatoms. The molecular weight excluding hydrogens is 1370 g/mol. The van der Waals surface area contributed by atoms with Crippen molar-refractivity contribution in [3.8, 4) is 0 Å². The fourth-order valence-corrected chi connectivity index (χ4v) is 24.7. The number of hydrazine groups is 2. The topological polar surface area (TPSA) is 130 Å². The maximum Gasteiger partial charge on any atom is 0.157 e. The molecule has 10 heterocycles. The van der Waals surface area contributed by atoms with Gasteiger partial charge in [0.15, 0.2) is 11.7 Å². The molecule has 8 saturated heterocycles. The Morgan fingerprint density at radius 3 is 0.700 bits per heavy atom. The van der Waals surface area contributed by atoms with Gasteiger partial charge >= 0.3 is 0 Å². The molecule has 0 unspecified atom stereocenters. The number of unbranched alkanes of at least 4 members (excludes halogenated alkanes) is 3. The zero-order valence-electron chi connectivity index (χ0n) is 78.4. The van der Waals surface area contributed by atoms with Crippen LogP contribution in [0, 0.1) is 0 Å². The number of likely N-dealkylation sites (tertiary alicyclic amines) is 6. The van der Waals surface area contributed by atoms with E-state index < -0.39 is 0 Å². The molecule has 0 bridgehead atoms. The van der Waals surface area contributed by atoms with E-state index in [-0.39, 0.29) is 137 Å². The van der Waals surface area contributed by atoms with Crippen LogP contribution < -0.4 is 21.5 Å². The molecular formula is C90H172N18O2. The van der Waals surface area contributed by atoms with Crippen LogP contribution in [0.2, 0.25) is 0 Å². The lowest BCUT2D eigenvalue weighted by atomic mass is 9.73. The number of amidine groups is 2. The summed E-state index contributed by atoms with van der Waals surface area (Å²) in [7, 11) is 14.0. The highest BCUT2D eigenvalue weighted by atomic mass is 16.8. The Hall–Kier alpha value is -3.18. The van der Waals surface area contributed by atoms with Crippen molar-refractivity contribution in [1.82, 2.24) is 81.0 Å². The van der Waals surface area contributed by atoms with Crippen LogP contribution in [0.15, 0.2) is 34.0 Å². The van der Waals surface area contributed by atoms with Crippen LogP contribution in [-0.4, -0.2) is 264 Å². The molecule has 10 rings (SSSR count). The first-order chi connectivity index (χ1) is 49.7. The lowest BCUT2D eigenvalue weighted by Crippen LogP contribution is -2.68. The van der Waals surface area contributed by atoms with Crippen molar-refractivity contribution < 1.29 is 9.68 Å². The smallest absolute Gasteiger partial charge is 0.157 e. The van der Waals surface area contributed by atoms with Crippen molar-refractivity contribution in [2.24, 2.45) is 10.2 Å². The second kappa shape index (κ2) is 30.0. The van der Waals surface area contributed by atoms with E-state index in [2.05, 4.69) is 346 Å². The monoisotopic (exact) mass is 1540 g/mol. The Bertz CT molecular complexity index is 2910. The first kappa shape index (κ1) is 89.2. The normalized spacial score (nSPS) is 30.2. The van der Waals surface area contributed by atoms with E-state index in [0.29, 0.717) is 0 Å². The molecule has 0 saturated carbocycles. The van der Waals surface area contributed by atoms with E-state index in [4.69, 9.17) is 19.9 Å². The van der Waals surface area contributed by atoms with Crippen LogP contribution in [-0.2, 0) is 9.68 Å². The van der Waals surface area contributed by atoms with Crippen molar-refractivity contribution in [1.29, 1.82) is 0 Å². The molecule has 0 amide bonds. The first-order valence-corrected chi connectivity index (χ1v) is 43.9. The molecule has 0 atom stereocenters. The molecule has 4 N–H and O–H groups in total. The summed E-state index contributed by atoms with van der Waals surface area (Å²) in [5, 5.41) is 23.5. The maximum absolute atomic E-state index is 7.49. The summed E-state index contributed by atoms with van der Waals surface area (Å²) in [5.74, 6) is 4.25. The number of hydrogen-bond donors (Lipinski definition) is 4. The van der Waals surface area contributed by atoms with Crippen LogP contribution in [0.5, 0.6) is 0 Å². The fraction of sp³-hybridized carbons (Fsp3) is 0.933. The highest BCUT2D eigenvalue weighted by Crippen LogP contribution is 2.50. The van der Waals surface area contributed by atoms with Gasteiger partial charge in [-0.15, -0.1) is 10.2 Å². The van der Waals surface area contributed by atoms with Crippen molar-refractivity contribution in [2.45, 2.75) is 487 Å². The first-order valence-electron chi connectivity index (χ1n) is 43.9. The minimum Gasteiger partial charge on any atom is -0.352 e. The molecule has 8 fully saturated rings. The summed E-state index contributed by atoms with van der Waals surface area (Å²) in [5.41, 5.74) is 7.12. The average molecular weight is 1540 g/mol. The molecule has 110 heavy (non-hydrogen) atoms. The third-order valence-corrected chi connectivity index (χ3v) is 31.0. The molecule has 0 aromatic carbocycles. The van der Waals surface area contributed by atoms with E-state index in [0.717, 1.165) is 165 Å². The Labute approximate surface area is 675 Å². The van der Waals surface area contributed by atoms with Gasteiger partial charge in [-0.3, -0.25) is 29.4 Å². The van der Waals surface area contributed by atoms with Gasteiger partial charge in [0, 0.05) is 150 Å². The van der Waals surface area contributed by atoms with Gasteiger partial charge in [-0.1, -0.05) is 23.4 Å². The minimum absolute atomic E-state index is 0.0354. The largest absolute Gasteiger partial charge is 0.352 e. The van der Waals surface area contributed by atoms with Gasteiger partial charge in [0.25, 0.3) is 0 Å². The summed E-state index contributed by atoms with van der Waals surface area (Å²) in [6.07, 6.45) is 25.0. The minimum atomic E-state index is -0.0970. The maximum atomic E-state index is 7.49. The highest BCUT2D eigenvalue weighted by molar-refractivity contribution is 5.94. The zero-order valence-corrected chi connectivity index (χ0v) is 78.4. The van der Waals surface area contributed by atoms with Gasteiger partial charge in [0.1, 0.15) is 11.6 Å². The molecule has 0 aromatic heterocycles. The summed E-state index contributed by atoms with van der Waals surface area (Å²) in [6.45, 7) is 79.9. The van der Waals surface area contributed by atoms with E-state index in [9.17, 15) is 0 Å². The van der Waals surface area contributed by atoms with Crippen molar-refractivity contribution >= 4 is 11.7 Å². The van der Waals surface area contributed by atoms with E-state index in [1.807, 2.05) is 10.6 Å². The Morgan fingerprint density at radius 2 is 0.491 bits per heavy atom. The third-order valence-electron chi connectivity index (χ3n) is 31.0. The summed E-state index contributed by atoms with van der Waals surface area (Å²) < 4.78 is 0. The number of hydrogen-bond acceptors (Lipinski definition) is 20. The van der Waals surface area contributed by atoms with E-state index in [1.165, 1.54) is 0 Å². The van der Waals surface area contributed by atoms with Crippen LogP contribution in [0.25, 0.3) is 0 Å². The predicted octanol–water partition coefficient (Wildman–Crippen LogP) is 16.1. The molecule has 0 spiro atoms. The Kier molecular flexibility index (Phi) is 24.3. The Morgan fingerprint density at radius 1 is 0.291 bits per heavy atom. The average Bonchev–Trinajstić information content (AvgIpc) is 0.750. The predicted molar refractivity (Wildman–Crippen MR) is 461 cm³/mol. The number of hydrazone groups is 2. The molecule has 0 aliphatic carbocycles. The van der Waals surface area contributed by atoms with Gasteiger partial charge in [0.2, 0.25) is 0 Å². The lowest BCUT2D eigenvalue weighted by Gasteiger charge is -2.61. The second-order valence-corrected chi connectivity index (χ2v) is 47.9. The number of nitrogens with zero attached hydrogens (tertiary/aromatic N) is 14. The lowest BCUT2D eigenvalue weighted by molar-refractivity contribution is -0.256. The molecule has 0 aromatic rings. The summed E-state index contributed by atoms with van der Waals surface area (Å²) in [4.78, 5) is 42.0. The van der Waals surface area contributed by atoms with Crippen LogP contribution >= 0.6 is 0 Å². The summed E-state index contributed by atoms with van der Waals surface area (Å²) >= 11 is 0. The molecule has 10 aliphatic rings. The fourth-order valence-electron chi connectivity index (χ4n) is 24.7.